The van der Waals surface area contributed by atoms with Crippen LogP contribution in [0.15, 0.2) is 21.9 Å². The predicted octanol–water partition coefficient (Wildman–Crippen LogP) is 0.782. The van der Waals surface area contributed by atoms with Crippen molar-refractivity contribution in [1.29, 1.82) is 0 Å². The topological polar surface area (TPSA) is 93.5 Å². The molecule has 1 aliphatic heterocycles. The molecule has 124 valence electrons. The van der Waals surface area contributed by atoms with Gasteiger partial charge >= 0.3 is 5.69 Å². The number of hydrogen-bond donors (Lipinski definition) is 2. The molecule has 0 saturated carbocycles. The number of nitrogens with zero attached hydrogens (tertiary/aromatic N) is 1. The van der Waals surface area contributed by atoms with Gasteiger partial charge in [0.1, 0.15) is 12.3 Å². The molecule has 2 heterocycles. The third-order valence-corrected chi connectivity index (χ3v) is 3.79. The Balaban J connectivity index is 1.81. The first-order valence-electron chi connectivity index (χ1n) is 7.84. The molecule has 22 heavy (non-hydrogen) atoms. The molecule has 3 atom stereocenters. The van der Waals surface area contributed by atoms with Crippen LogP contribution in [0.4, 0.5) is 0 Å². The van der Waals surface area contributed by atoms with Crippen LogP contribution in [-0.4, -0.2) is 40.1 Å². The molecule has 0 amide bonds. The molecule has 1 aliphatic rings. The number of rotatable bonds is 8. The first-order valence-corrected chi connectivity index (χ1v) is 7.84. The zero-order chi connectivity index (χ0) is 15.9. The second-order valence-corrected chi connectivity index (χ2v) is 5.59. The molecule has 7 nitrogen and oxygen atoms in total. The number of aromatic amines is 1. The van der Waals surface area contributed by atoms with Crippen LogP contribution in [0, 0.1) is 0 Å². The molecule has 0 unspecified atom stereocenters. The fraction of sp³-hybridized carbons (Fsp3) is 0.733. The predicted molar refractivity (Wildman–Crippen MR) is 80.8 cm³/mol. The van der Waals surface area contributed by atoms with E-state index in [1.165, 1.54) is 29.7 Å². The third kappa shape index (κ3) is 4.53. The molecule has 0 aromatic carbocycles. The molecule has 0 bridgehead atoms. The van der Waals surface area contributed by atoms with Crippen molar-refractivity contribution in [1.82, 2.24) is 9.55 Å². The summed E-state index contributed by atoms with van der Waals surface area (Å²) in [5.41, 5.74) is -0.988. The summed E-state index contributed by atoms with van der Waals surface area (Å²) >= 11 is 0. The van der Waals surface area contributed by atoms with Crippen LogP contribution in [0.3, 0.4) is 0 Å². The van der Waals surface area contributed by atoms with E-state index < -0.39 is 29.7 Å². The Kier molecular flexibility index (Phi) is 6.35. The summed E-state index contributed by atoms with van der Waals surface area (Å²) in [5.74, 6) is 0. The van der Waals surface area contributed by atoms with E-state index in [4.69, 9.17) is 9.47 Å². The van der Waals surface area contributed by atoms with Crippen LogP contribution in [0.1, 0.15) is 45.3 Å². The molecule has 0 radical (unpaired) electrons. The van der Waals surface area contributed by atoms with E-state index in [1.54, 1.807) is 0 Å². The quantitative estimate of drug-likeness (QED) is 0.692. The van der Waals surface area contributed by atoms with Crippen molar-refractivity contribution in [2.24, 2.45) is 0 Å². The van der Waals surface area contributed by atoms with Gasteiger partial charge in [0.25, 0.3) is 5.56 Å². The maximum Gasteiger partial charge on any atom is 0.330 e. The first kappa shape index (κ1) is 16.9. The van der Waals surface area contributed by atoms with Crippen LogP contribution < -0.4 is 11.2 Å². The van der Waals surface area contributed by atoms with Gasteiger partial charge in [0.15, 0.2) is 0 Å². The van der Waals surface area contributed by atoms with E-state index in [9.17, 15) is 14.7 Å². The maximum atomic E-state index is 11.7. The van der Waals surface area contributed by atoms with Gasteiger partial charge in [-0.25, -0.2) is 4.79 Å². The van der Waals surface area contributed by atoms with E-state index >= 15 is 0 Å². The largest absolute Gasteiger partial charge is 0.390 e. The lowest BCUT2D eigenvalue weighted by Crippen LogP contribution is -2.31. The number of hydrogen-bond acceptors (Lipinski definition) is 5. The Labute approximate surface area is 128 Å². The summed E-state index contributed by atoms with van der Waals surface area (Å²) in [6.45, 7) is 3.11. The molecule has 1 saturated heterocycles. The zero-order valence-electron chi connectivity index (χ0n) is 12.9. The summed E-state index contributed by atoms with van der Waals surface area (Å²) in [6, 6.07) is 1.26. The fourth-order valence-corrected chi connectivity index (χ4v) is 2.52. The van der Waals surface area contributed by atoms with Crippen LogP contribution in [0.5, 0.6) is 0 Å². The standard InChI is InChI=1S/C15H24N2O5/c1-2-3-4-5-8-21-10-12-11(18)9-14(22-12)17-7-6-13(19)16-15(17)20/h6-7,11-12,14,18H,2-5,8-10H2,1H3,(H,16,19,20)/t11-,12+,14+/m0/s1. The van der Waals surface area contributed by atoms with Crippen molar-refractivity contribution in [2.75, 3.05) is 13.2 Å². The van der Waals surface area contributed by atoms with Crippen LogP contribution in [0.25, 0.3) is 0 Å². The van der Waals surface area contributed by atoms with E-state index in [0.717, 1.165) is 12.8 Å². The molecule has 1 fully saturated rings. The van der Waals surface area contributed by atoms with Gasteiger partial charge in [0.05, 0.1) is 12.7 Å². The van der Waals surface area contributed by atoms with Crippen molar-refractivity contribution >= 4 is 0 Å². The Morgan fingerprint density at radius 3 is 2.95 bits per heavy atom. The second-order valence-electron chi connectivity index (χ2n) is 5.59. The Morgan fingerprint density at radius 2 is 2.23 bits per heavy atom. The Hall–Kier alpha value is -1.44. The van der Waals surface area contributed by atoms with Gasteiger partial charge in [-0.15, -0.1) is 0 Å². The highest BCUT2D eigenvalue weighted by molar-refractivity contribution is 4.88. The van der Waals surface area contributed by atoms with Gasteiger partial charge in [-0.2, -0.15) is 0 Å². The zero-order valence-corrected chi connectivity index (χ0v) is 12.9. The molecule has 1 aromatic heterocycles. The summed E-state index contributed by atoms with van der Waals surface area (Å²) in [7, 11) is 0. The van der Waals surface area contributed by atoms with E-state index in [-0.39, 0.29) is 0 Å². The maximum absolute atomic E-state index is 11.7. The van der Waals surface area contributed by atoms with Crippen LogP contribution in [-0.2, 0) is 9.47 Å². The van der Waals surface area contributed by atoms with Gasteiger partial charge in [0.2, 0.25) is 0 Å². The lowest BCUT2D eigenvalue weighted by molar-refractivity contribution is -0.0638. The molecule has 1 aromatic rings. The minimum absolute atomic E-state index is 0.301. The molecule has 2 rings (SSSR count). The number of aromatic nitrogens is 2. The van der Waals surface area contributed by atoms with Gasteiger partial charge in [-0.3, -0.25) is 14.3 Å². The molecular formula is C15H24N2O5. The average Bonchev–Trinajstić information content (AvgIpc) is 2.83. The van der Waals surface area contributed by atoms with E-state index in [0.29, 0.717) is 19.6 Å². The smallest absolute Gasteiger partial charge is 0.330 e. The number of unbranched alkanes of at least 4 members (excludes halogenated alkanes) is 3. The van der Waals surface area contributed by atoms with E-state index in [1.807, 2.05) is 0 Å². The number of ether oxygens (including phenoxy) is 2. The normalized spacial score (nSPS) is 24.7. The van der Waals surface area contributed by atoms with Gasteiger partial charge in [-0.1, -0.05) is 26.2 Å². The first-order chi connectivity index (χ1) is 10.6. The third-order valence-electron chi connectivity index (χ3n) is 3.79. The minimum atomic E-state index is -0.681. The average molecular weight is 312 g/mol. The highest BCUT2D eigenvalue weighted by Gasteiger charge is 2.35. The Morgan fingerprint density at radius 1 is 1.41 bits per heavy atom. The van der Waals surface area contributed by atoms with Crippen molar-refractivity contribution in [3.05, 3.63) is 33.1 Å². The van der Waals surface area contributed by atoms with Crippen LogP contribution >= 0.6 is 0 Å². The SMILES string of the molecule is CCCCCCOC[C@H]1O[C@@H](n2ccc(=O)[nH]c2=O)C[C@@H]1O. The number of nitrogens with one attached hydrogen (secondary N) is 1. The summed E-state index contributed by atoms with van der Waals surface area (Å²) < 4.78 is 12.5. The molecule has 7 heteroatoms. The highest BCUT2D eigenvalue weighted by Crippen LogP contribution is 2.27. The molecular weight excluding hydrogens is 288 g/mol. The molecule has 0 aliphatic carbocycles. The van der Waals surface area contributed by atoms with Crippen LogP contribution in [0.2, 0.25) is 0 Å². The highest BCUT2D eigenvalue weighted by atomic mass is 16.6. The van der Waals surface area contributed by atoms with E-state index in [2.05, 4.69) is 11.9 Å². The second kappa shape index (κ2) is 8.26. The minimum Gasteiger partial charge on any atom is -0.390 e. The summed E-state index contributed by atoms with van der Waals surface area (Å²) in [6.07, 6.45) is 4.49. The summed E-state index contributed by atoms with van der Waals surface area (Å²) in [5, 5.41) is 10.0. The number of H-pyrrole nitrogens is 1. The van der Waals surface area contributed by atoms with Crippen molar-refractivity contribution in [3.63, 3.8) is 0 Å². The van der Waals surface area contributed by atoms with Crippen molar-refractivity contribution < 1.29 is 14.6 Å². The lowest BCUT2D eigenvalue weighted by atomic mass is 10.2. The number of aliphatic hydroxyl groups is 1. The van der Waals surface area contributed by atoms with Crippen molar-refractivity contribution in [2.45, 2.75) is 57.5 Å². The van der Waals surface area contributed by atoms with Gasteiger partial charge in [0, 0.05) is 25.3 Å². The Bertz CT molecular complexity index is 568. The monoisotopic (exact) mass is 312 g/mol. The summed E-state index contributed by atoms with van der Waals surface area (Å²) in [4.78, 5) is 24.9. The fourth-order valence-electron chi connectivity index (χ4n) is 2.52. The van der Waals surface area contributed by atoms with Crippen molar-refractivity contribution in [3.8, 4) is 0 Å². The molecule has 2 N–H and O–H groups in total. The number of aliphatic hydroxyl groups excluding tert-OH is 1. The van der Waals surface area contributed by atoms with Gasteiger partial charge in [-0.05, 0) is 6.42 Å². The lowest BCUT2D eigenvalue weighted by Gasteiger charge is -2.16. The molecule has 0 spiro atoms. The van der Waals surface area contributed by atoms with Gasteiger partial charge < -0.3 is 14.6 Å².